The Hall–Kier alpha value is -2.53. The van der Waals surface area contributed by atoms with Gasteiger partial charge < -0.3 is 0 Å². The lowest BCUT2D eigenvalue weighted by molar-refractivity contribution is 0.102. The van der Waals surface area contributed by atoms with Gasteiger partial charge in [0.25, 0.3) is 0 Å². The maximum atomic E-state index is 12.7. The monoisotopic (exact) mass is 295 g/mol. The van der Waals surface area contributed by atoms with Gasteiger partial charge in [0.2, 0.25) is 16.4 Å². The summed E-state index contributed by atoms with van der Waals surface area (Å²) in [5.74, 6) is 0.172. The molecule has 0 amide bonds. The lowest BCUT2D eigenvalue weighted by atomic mass is 10.1. The first-order valence-electron chi connectivity index (χ1n) is 6.49. The molecule has 0 saturated heterocycles. The van der Waals surface area contributed by atoms with Gasteiger partial charge in [0.05, 0.1) is 5.69 Å². The molecule has 0 atom stereocenters. The molecule has 0 unspecified atom stereocenters. The van der Waals surface area contributed by atoms with Crippen molar-refractivity contribution in [1.82, 2.24) is 14.3 Å². The Morgan fingerprint density at radius 1 is 1.00 bits per heavy atom. The Kier molecular flexibility index (Phi) is 3.50. The van der Waals surface area contributed by atoms with E-state index in [0.717, 1.165) is 5.69 Å². The van der Waals surface area contributed by atoms with Crippen molar-refractivity contribution in [1.29, 1.82) is 0 Å². The highest BCUT2D eigenvalue weighted by Gasteiger charge is 2.19. The molecular weight excluding hydrogens is 282 g/mol. The topological polar surface area (TPSA) is 39.8 Å². The third-order valence-electron chi connectivity index (χ3n) is 3.18. The molecule has 1 aromatic heterocycles. The number of aromatic nitrogens is 3. The van der Waals surface area contributed by atoms with Crippen molar-refractivity contribution in [2.75, 3.05) is 0 Å². The van der Waals surface area contributed by atoms with Crippen molar-refractivity contribution in [3.8, 4) is 5.69 Å². The number of rotatable bonds is 3. The van der Waals surface area contributed by atoms with Gasteiger partial charge in [0, 0.05) is 12.6 Å². The standard InChI is InChI=1S/C16H13N3OS/c1-18-16(21)19(13-10-6-3-7-11-13)15(17-18)14(20)12-8-4-2-5-9-12/h2-11H,1H3. The van der Waals surface area contributed by atoms with E-state index in [9.17, 15) is 4.79 Å². The van der Waals surface area contributed by atoms with Crippen LogP contribution in [0.5, 0.6) is 0 Å². The summed E-state index contributed by atoms with van der Waals surface area (Å²) in [6.07, 6.45) is 0. The summed E-state index contributed by atoms with van der Waals surface area (Å²) in [5, 5.41) is 4.29. The normalized spacial score (nSPS) is 10.5. The highest BCUT2D eigenvalue weighted by molar-refractivity contribution is 7.71. The number of carbonyl (C=O) groups excluding carboxylic acids is 1. The van der Waals surface area contributed by atoms with E-state index >= 15 is 0 Å². The summed E-state index contributed by atoms with van der Waals surface area (Å²) in [4.78, 5) is 12.7. The van der Waals surface area contributed by atoms with Crippen molar-refractivity contribution >= 4 is 18.0 Å². The summed E-state index contributed by atoms with van der Waals surface area (Å²) < 4.78 is 3.73. The summed E-state index contributed by atoms with van der Waals surface area (Å²) in [6.45, 7) is 0. The maximum Gasteiger partial charge on any atom is 0.230 e. The average Bonchev–Trinajstić information content (AvgIpc) is 2.84. The molecule has 0 aliphatic heterocycles. The van der Waals surface area contributed by atoms with Crippen LogP contribution in [0.15, 0.2) is 60.7 Å². The van der Waals surface area contributed by atoms with Gasteiger partial charge >= 0.3 is 0 Å². The van der Waals surface area contributed by atoms with Crippen LogP contribution in [-0.2, 0) is 7.05 Å². The number of hydrogen-bond acceptors (Lipinski definition) is 3. The van der Waals surface area contributed by atoms with Crippen LogP contribution in [0.3, 0.4) is 0 Å². The van der Waals surface area contributed by atoms with Gasteiger partial charge in [-0.2, -0.15) is 0 Å². The quantitative estimate of drug-likeness (QED) is 0.550. The van der Waals surface area contributed by atoms with E-state index < -0.39 is 0 Å². The fraction of sp³-hybridized carbons (Fsp3) is 0.0625. The minimum atomic E-state index is -0.147. The molecule has 5 heteroatoms. The fourth-order valence-electron chi connectivity index (χ4n) is 2.14. The third kappa shape index (κ3) is 2.43. The Labute approximate surface area is 127 Å². The molecule has 3 aromatic rings. The maximum absolute atomic E-state index is 12.7. The van der Waals surface area contributed by atoms with Crippen LogP contribution in [0.1, 0.15) is 16.2 Å². The molecule has 0 spiro atoms. The number of benzene rings is 2. The van der Waals surface area contributed by atoms with Gasteiger partial charge in [0.15, 0.2) is 0 Å². The number of aryl methyl sites for hydroxylation is 1. The van der Waals surface area contributed by atoms with Crippen molar-refractivity contribution in [2.24, 2.45) is 7.05 Å². The van der Waals surface area contributed by atoms with Gasteiger partial charge in [-0.05, 0) is 24.4 Å². The van der Waals surface area contributed by atoms with E-state index in [0.29, 0.717) is 16.2 Å². The molecule has 0 bridgehead atoms. The molecule has 4 nitrogen and oxygen atoms in total. The first-order valence-corrected chi connectivity index (χ1v) is 6.90. The number of nitrogens with zero attached hydrogens (tertiary/aromatic N) is 3. The van der Waals surface area contributed by atoms with Crippen molar-refractivity contribution in [2.45, 2.75) is 0 Å². The molecule has 0 saturated carbocycles. The molecular formula is C16H13N3OS. The van der Waals surface area contributed by atoms with E-state index in [2.05, 4.69) is 5.10 Å². The summed E-state index contributed by atoms with van der Waals surface area (Å²) in [7, 11) is 1.74. The van der Waals surface area contributed by atoms with E-state index in [1.54, 1.807) is 28.4 Å². The number of carbonyl (C=O) groups is 1. The van der Waals surface area contributed by atoms with Crippen LogP contribution >= 0.6 is 12.2 Å². The highest BCUT2D eigenvalue weighted by Crippen LogP contribution is 2.15. The Balaban J connectivity index is 2.19. The molecule has 0 radical (unpaired) electrons. The second-order valence-electron chi connectivity index (χ2n) is 4.60. The lowest BCUT2D eigenvalue weighted by Gasteiger charge is -2.05. The van der Waals surface area contributed by atoms with Crippen LogP contribution in [0.4, 0.5) is 0 Å². The summed E-state index contributed by atoms with van der Waals surface area (Å²) in [6, 6.07) is 18.6. The molecule has 0 N–H and O–H groups in total. The van der Waals surface area contributed by atoms with Gasteiger partial charge in [-0.3, -0.25) is 9.36 Å². The lowest BCUT2D eigenvalue weighted by Crippen LogP contribution is -2.10. The van der Waals surface area contributed by atoms with Crippen LogP contribution in [-0.4, -0.2) is 20.1 Å². The molecule has 0 fully saturated rings. The predicted molar refractivity (Wildman–Crippen MR) is 83.2 cm³/mol. The van der Waals surface area contributed by atoms with Gasteiger partial charge in [-0.15, -0.1) is 5.10 Å². The third-order valence-corrected chi connectivity index (χ3v) is 3.62. The zero-order valence-electron chi connectivity index (χ0n) is 11.4. The van der Waals surface area contributed by atoms with Gasteiger partial charge in [0.1, 0.15) is 0 Å². The number of ketones is 1. The van der Waals surface area contributed by atoms with Gasteiger partial charge in [-0.25, -0.2) is 4.68 Å². The van der Waals surface area contributed by atoms with Crippen molar-refractivity contribution in [3.63, 3.8) is 0 Å². The molecule has 104 valence electrons. The van der Waals surface area contributed by atoms with E-state index in [-0.39, 0.29) is 5.78 Å². The number of hydrogen-bond donors (Lipinski definition) is 0. The zero-order chi connectivity index (χ0) is 14.8. The van der Waals surface area contributed by atoms with E-state index in [1.807, 2.05) is 48.5 Å². The Bertz CT molecular complexity index is 835. The van der Waals surface area contributed by atoms with Gasteiger partial charge in [-0.1, -0.05) is 48.5 Å². The van der Waals surface area contributed by atoms with Crippen molar-refractivity contribution < 1.29 is 4.79 Å². The fourth-order valence-corrected chi connectivity index (χ4v) is 2.37. The molecule has 3 rings (SSSR count). The second kappa shape index (κ2) is 5.46. The summed E-state index contributed by atoms with van der Waals surface area (Å²) in [5.41, 5.74) is 1.42. The van der Waals surface area contributed by atoms with E-state index in [1.165, 1.54) is 0 Å². The predicted octanol–water partition coefficient (Wildman–Crippen LogP) is 3.17. The molecule has 1 heterocycles. The minimum Gasteiger partial charge on any atom is -0.285 e. The molecule has 2 aromatic carbocycles. The van der Waals surface area contributed by atoms with Crippen LogP contribution in [0.2, 0.25) is 0 Å². The average molecular weight is 295 g/mol. The Morgan fingerprint density at radius 2 is 1.57 bits per heavy atom. The SMILES string of the molecule is Cn1nc(C(=O)c2ccccc2)n(-c2ccccc2)c1=S. The molecule has 21 heavy (non-hydrogen) atoms. The van der Waals surface area contributed by atoms with E-state index in [4.69, 9.17) is 12.2 Å². The zero-order valence-corrected chi connectivity index (χ0v) is 12.2. The smallest absolute Gasteiger partial charge is 0.230 e. The summed E-state index contributed by atoms with van der Waals surface area (Å²) >= 11 is 5.38. The first kappa shape index (κ1) is 13.5. The second-order valence-corrected chi connectivity index (χ2v) is 4.96. The van der Waals surface area contributed by atoms with Crippen LogP contribution in [0.25, 0.3) is 5.69 Å². The van der Waals surface area contributed by atoms with Crippen LogP contribution in [0, 0.1) is 4.77 Å². The molecule has 0 aliphatic rings. The largest absolute Gasteiger partial charge is 0.285 e. The van der Waals surface area contributed by atoms with Crippen molar-refractivity contribution in [3.05, 3.63) is 76.8 Å². The first-order chi connectivity index (χ1) is 10.2. The Morgan fingerprint density at radius 3 is 2.19 bits per heavy atom. The number of para-hydroxylation sites is 1. The highest BCUT2D eigenvalue weighted by atomic mass is 32.1. The molecule has 0 aliphatic carbocycles. The minimum absolute atomic E-state index is 0.147. The van der Waals surface area contributed by atoms with Crippen LogP contribution < -0.4 is 0 Å².